The average molecular weight is 433 g/mol. The van der Waals surface area contributed by atoms with E-state index in [0.717, 1.165) is 42.3 Å². The molecule has 0 saturated carbocycles. The summed E-state index contributed by atoms with van der Waals surface area (Å²) in [5.74, 6) is -0.208. The number of hydrogen-bond acceptors (Lipinski definition) is 6. The van der Waals surface area contributed by atoms with Gasteiger partial charge in [-0.2, -0.15) is 0 Å². The molecule has 4 aromatic rings. The Morgan fingerprint density at radius 2 is 1.80 bits per heavy atom. The van der Waals surface area contributed by atoms with Crippen molar-refractivity contribution in [2.24, 2.45) is 0 Å². The summed E-state index contributed by atoms with van der Waals surface area (Å²) in [6.45, 7) is 2.78. The molecule has 2 aromatic carbocycles. The second kappa shape index (κ2) is 8.47. The Kier molecular flexibility index (Phi) is 5.40. The largest absolute Gasteiger partial charge is 0.296 e. The maximum Gasteiger partial charge on any atom is 0.276 e. The fourth-order valence-corrected chi connectivity index (χ4v) is 5.38. The van der Waals surface area contributed by atoms with E-state index in [2.05, 4.69) is 44.5 Å². The molecular weight excluding hydrogens is 412 g/mol. The van der Waals surface area contributed by atoms with Gasteiger partial charge in [0.15, 0.2) is 5.13 Å². The summed E-state index contributed by atoms with van der Waals surface area (Å²) in [6, 6.07) is 20.4. The highest BCUT2D eigenvalue weighted by Gasteiger charge is 2.22. The highest BCUT2D eigenvalue weighted by Crippen LogP contribution is 2.30. The third-order valence-corrected chi connectivity index (χ3v) is 6.93. The fraction of sp³-hybridized carbons (Fsp3) is 0.174. The lowest BCUT2D eigenvalue weighted by molar-refractivity contribution is 0.102. The predicted molar refractivity (Wildman–Crippen MR) is 122 cm³/mol. The van der Waals surface area contributed by atoms with Gasteiger partial charge in [0.2, 0.25) is 0 Å². The summed E-state index contributed by atoms with van der Waals surface area (Å²) in [5.41, 5.74) is 3.86. The number of rotatable bonds is 5. The number of fused-ring (bicyclic) bond motifs is 1. The smallest absolute Gasteiger partial charge is 0.276 e. The van der Waals surface area contributed by atoms with Gasteiger partial charge in [0.05, 0.1) is 5.69 Å². The molecule has 0 aliphatic carbocycles. The summed E-state index contributed by atoms with van der Waals surface area (Å²) < 4.78 is 0. The quantitative estimate of drug-likeness (QED) is 0.478. The zero-order valence-electron chi connectivity index (χ0n) is 16.2. The van der Waals surface area contributed by atoms with E-state index in [0.29, 0.717) is 10.8 Å². The SMILES string of the molecule is O=C(Nc1nc2c(s1)CN(Cc1ccccc1)CC2)c1csc(-c2ccccc2)n1. The second-order valence-corrected chi connectivity index (χ2v) is 9.13. The van der Waals surface area contributed by atoms with Crippen LogP contribution in [0.4, 0.5) is 5.13 Å². The molecule has 1 N–H and O–H groups in total. The topological polar surface area (TPSA) is 58.1 Å². The molecule has 1 aliphatic rings. The number of aromatic nitrogens is 2. The van der Waals surface area contributed by atoms with Crippen molar-refractivity contribution in [1.82, 2.24) is 14.9 Å². The van der Waals surface area contributed by atoms with Gasteiger partial charge in [0.1, 0.15) is 10.7 Å². The first-order valence-corrected chi connectivity index (χ1v) is 11.5. The summed E-state index contributed by atoms with van der Waals surface area (Å²) in [4.78, 5) is 25.5. The molecule has 1 amide bonds. The van der Waals surface area contributed by atoms with Crippen molar-refractivity contribution in [3.8, 4) is 10.6 Å². The van der Waals surface area contributed by atoms with Gasteiger partial charge >= 0.3 is 0 Å². The van der Waals surface area contributed by atoms with Gasteiger partial charge in [-0.3, -0.25) is 15.0 Å². The van der Waals surface area contributed by atoms with E-state index in [1.807, 2.05) is 36.4 Å². The summed E-state index contributed by atoms with van der Waals surface area (Å²) in [7, 11) is 0. The second-order valence-electron chi connectivity index (χ2n) is 7.19. The van der Waals surface area contributed by atoms with Crippen LogP contribution in [-0.4, -0.2) is 27.3 Å². The van der Waals surface area contributed by atoms with Crippen molar-refractivity contribution in [3.63, 3.8) is 0 Å². The Morgan fingerprint density at radius 3 is 2.60 bits per heavy atom. The van der Waals surface area contributed by atoms with Crippen molar-refractivity contribution < 1.29 is 4.79 Å². The van der Waals surface area contributed by atoms with E-state index in [1.54, 1.807) is 16.7 Å². The Balaban J connectivity index is 1.25. The fourth-order valence-electron chi connectivity index (χ4n) is 3.53. The molecule has 7 heteroatoms. The van der Waals surface area contributed by atoms with Gasteiger partial charge in [-0.05, 0) is 5.56 Å². The molecule has 5 nitrogen and oxygen atoms in total. The number of anilines is 1. The lowest BCUT2D eigenvalue weighted by Gasteiger charge is -2.25. The van der Waals surface area contributed by atoms with Gasteiger partial charge in [0.25, 0.3) is 5.91 Å². The summed E-state index contributed by atoms with van der Waals surface area (Å²) in [5, 5.41) is 6.23. The van der Waals surface area contributed by atoms with E-state index >= 15 is 0 Å². The van der Waals surface area contributed by atoms with Crippen molar-refractivity contribution >= 4 is 33.7 Å². The number of nitrogens with one attached hydrogen (secondary N) is 1. The number of amides is 1. The molecule has 0 spiro atoms. The molecule has 5 rings (SSSR count). The predicted octanol–water partition coefficient (Wildman–Crippen LogP) is 5.08. The molecule has 0 radical (unpaired) electrons. The standard InChI is InChI=1S/C23H20N4OS2/c28-21(19-15-29-22(24-19)17-9-5-2-6-10-17)26-23-25-18-11-12-27(14-20(18)30-23)13-16-7-3-1-4-8-16/h1-10,15H,11-14H2,(H,25,26,28). The molecular formula is C23H20N4OS2. The summed E-state index contributed by atoms with van der Waals surface area (Å²) in [6.07, 6.45) is 0.906. The molecule has 0 saturated heterocycles. The van der Waals surface area contributed by atoms with Crippen LogP contribution in [0.25, 0.3) is 10.6 Å². The van der Waals surface area contributed by atoms with Gasteiger partial charge in [-0.25, -0.2) is 9.97 Å². The molecule has 30 heavy (non-hydrogen) atoms. The third kappa shape index (κ3) is 4.18. The van der Waals surface area contributed by atoms with Crippen molar-refractivity contribution in [2.45, 2.75) is 19.5 Å². The Labute approximate surface area is 183 Å². The van der Waals surface area contributed by atoms with Crippen molar-refractivity contribution in [3.05, 3.63) is 87.9 Å². The van der Waals surface area contributed by atoms with Gasteiger partial charge in [0, 0.05) is 41.9 Å². The Bertz CT molecular complexity index is 1150. The normalized spacial score (nSPS) is 13.7. The van der Waals surface area contributed by atoms with E-state index in [4.69, 9.17) is 0 Å². The van der Waals surface area contributed by atoms with Crippen LogP contribution < -0.4 is 5.32 Å². The van der Waals surface area contributed by atoms with Crippen LogP contribution in [0.2, 0.25) is 0 Å². The average Bonchev–Trinajstić information content (AvgIpc) is 3.42. The molecule has 0 fully saturated rings. The van der Waals surface area contributed by atoms with Crippen LogP contribution >= 0.6 is 22.7 Å². The molecule has 1 aliphatic heterocycles. The van der Waals surface area contributed by atoms with Gasteiger partial charge < -0.3 is 0 Å². The molecule has 0 bridgehead atoms. The van der Waals surface area contributed by atoms with Crippen LogP contribution in [0.3, 0.4) is 0 Å². The van der Waals surface area contributed by atoms with Crippen LogP contribution in [0.15, 0.2) is 66.0 Å². The van der Waals surface area contributed by atoms with E-state index in [9.17, 15) is 4.79 Å². The number of carbonyl (C=O) groups is 1. The van der Waals surface area contributed by atoms with Gasteiger partial charge in [-0.15, -0.1) is 22.7 Å². The minimum absolute atomic E-state index is 0.208. The highest BCUT2D eigenvalue weighted by molar-refractivity contribution is 7.16. The number of nitrogens with zero attached hydrogens (tertiary/aromatic N) is 3. The van der Waals surface area contributed by atoms with Crippen LogP contribution in [-0.2, 0) is 19.5 Å². The molecule has 3 heterocycles. The van der Waals surface area contributed by atoms with E-state index in [-0.39, 0.29) is 5.91 Å². The van der Waals surface area contributed by atoms with E-state index in [1.165, 1.54) is 21.8 Å². The summed E-state index contributed by atoms with van der Waals surface area (Å²) >= 11 is 3.04. The molecule has 0 unspecified atom stereocenters. The number of carbonyl (C=O) groups excluding carboxylic acids is 1. The van der Waals surface area contributed by atoms with Gasteiger partial charge in [-0.1, -0.05) is 60.7 Å². The number of thiazole rings is 2. The number of hydrogen-bond donors (Lipinski definition) is 1. The van der Waals surface area contributed by atoms with Crippen molar-refractivity contribution in [1.29, 1.82) is 0 Å². The first kappa shape index (κ1) is 19.1. The zero-order chi connectivity index (χ0) is 20.3. The Hall–Kier alpha value is -2.87. The van der Waals surface area contributed by atoms with Crippen LogP contribution in [0, 0.1) is 0 Å². The first-order chi connectivity index (χ1) is 14.7. The molecule has 2 aromatic heterocycles. The number of benzene rings is 2. The van der Waals surface area contributed by atoms with Crippen LogP contribution in [0.5, 0.6) is 0 Å². The monoisotopic (exact) mass is 432 g/mol. The minimum atomic E-state index is -0.208. The third-order valence-electron chi connectivity index (χ3n) is 5.04. The molecule has 0 atom stereocenters. The Morgan fingerprint density at radius 1 is 1.03 bits per heavy atom. The first-order valence-electron chi connectivity index (χ1n) is 9.82. The lowest BCUT2D eigenvalue weighted by Crippen LogP contribution is -2.29. The lowest BCUT2D eigenvalue weighted by atomic mass is 10.1. The highest BCUT2D eigenvalue weighted by atomic mass is 32.1. The minimum Gasteiger partial charge on any atom is -0.296 e. The van der Waals surface area contributed by atoms with E-state index < -0.39 is 0 Å². The maximum atomic E-state index is 12.7. The maximum absolute atomic E-state index is 12.7. The zero-order valence-corrected chi connectivity index (χ0v) is 17.9. The van der Waals surface area contributed by atoms with Crippen molar-refractivity contribution in [2.75, 3.05) is 11.9 Å². The van der Waals surface area contributed by atoms with Crippen LogP contribution in [0.1, 0.15) is 26.6 Å². The molecule has 150 valence electrons.